The van der Waals surface area contributed by atoms with Crippen LogP contribution in [0.25, 0.3) is 0 Å². The second-order valence-corrected chi connectivity index (χ2v) is 0.808. The van der Waals surface area contributed by atoms with Gasteiger partial charge in [-0.25, -0.2) is 4.39 Å². The van der Waals surface area contributed by atoms with Crippen molar-refractivity contribution in [3.63, 3.8) is 0 Å². The third-order valence-corrected chi connectivity index (χ3v) is 0.178. The van der Waals surface area contributed by atoms with Crippen LogP contribution in [0.5, 0.6) is 0 Å². The summed E-state index contributed by atoms with van der Waals surface area (Å²) in [6.07, 6.45) is -1.03. The molecule has 1 atom stereocenters. The van der Waals surface area contributed by atoms with Crippen LogP contribution in [0.4, 0.5) is 4.39 Å². The predicted octanol–water partition coefficient (Wildman–Crippen LogP) is 0.151. The van der Waals surface area contributed by atoms with Crippen LogP contribution in [-0.4, -0.2) is 17.9 Å². The van der Waals surface area contributed by atoms with Crippen LogP contribution in [0.1, 0.15) is 0 Å². The van der Waals surface area contributed by atoms with Gasteiger partial charge in [-0.1, -0.05) is 0 Å². The molecular formula is C3H6FO. The van der Waals surface area contributed by atoms with E-state index in [0.717, 1.165) is 0 Å². The molecule has 0 saturated carbocycles. The van der Waals surface area contributed by atoms with E-state index in [9.17, 15) is 4.39 Å². The summed E-state index contributed by atoms with van der Waals surface area (Å²) in [4.78, 5) is 0. The van der Waals surface area contributed by atoms with E-state index in [1.807, 2.05) is 0 Å². The lowest BCUT2D eigenvalue weighted by Crippen LogP contribution is -2.00. The third-order valence-electron chi connectivity index (χ3n) is 0.178. The molecule has 1 N–H and O–H groups in total. The van der Waals surface area contributed by atoms with Crippen molar-refractivity contribution in [2.75, 3.05) is 6.67 Å². The Morgan fingerprint density at radius 3 is 2.20 bits per heavy atom. The van der Waals surface area contributed by atoms with Crippen molar-refractivity contribution in [1.82, 2.24) is 0 Å². The standard InChI is InChI=1S/C3H6FO/c1-3(5)2-4/h3,5H,1-2H2/t3-/m0/s1. The quantitative estimate of drug-likeness (QED) is 0.472. The fourth-order valence-electron chi connectivity index (χ4n) is 0. The van der Waals surface area contributed by atoms with Gasteiger partial charge in [-0.2, -0.15) is 0 Å². The fourth-order valence-corrected chi connectivity index (χ4v) is 0. The molecular weight excluding hydrogens is 71.0 g/mol. The van der Waals surface area contributed by atoms with Crippen molar-refractivity contribution >= 4 is 0 Å². The van der Waals surface area contributed by atoms with Crippen molar-refractivity contribution in [3.05, 3.63) is 6.92 Å². The van der Waals surface area contributed by atoms with E-state index in [-0.39, 0.29) is 0 Å². The molecule has 0 aliphatic carbocycles. The summed E-state index contributed by atoms with van der Waals surface area (Å²) < 4.78 is 10.8. The van der Waals surface area contributed by atoms with E-state index < -0.39 is 12.8 Å². The summed E-state index contributed by atoms with van der Waals surface area (Å²) in [7, 11) is 0. The molecule has 0 heterocycles. The zero-order valence-electron chi connectivity index (χ0n) is 2.82. The predicted molar refractivity (Wildman–Crippen MR) is 17.3 cm³/mol. The van der Waals surface area contributed by atoms with Gasteiger partial charge in [0.2, 0.25) is 0 Å². The van der Waals surface area contributed by atoms with Gasteiger partial charge in [0.05, 0.1) is 6.10 Å². The summed E-state index contributed by atoms with van der Waals surface area (Å²) in [5.74, 6) is 0. The Hall–Kier alpha value is -0.110. The number of alkyl halides is 1. The van der Waals surface area contributed by atoms with Crippen LogP contribution in [-0.2, 0) is 0 Å². The monoisotopic (exact) mass is 77.0 g/mol. The molecule has 1 nitrogen and oxygen atoms in total. The molecule has 0 aromatic rings. The largest absolute Gasteiger partial charge is 0.390 e. The molecule has 0 rings (SSSR count). The van der Waals surface area contributed by atoms with Crippen LogP contribution >= 0.6 is 0 Å². The number of halogens is 1. The molecule has 0 aliphatic heterocycles. The van der Waals surface area contributed by atoms with Crippen molar-refractivity contribution in [3.8, 4) is 0 Å². The van der Waals surface area contributed by atoms with Crippen LogP contribution in [0.15, 0.2) is 0 Å². The highest BCUT2D eigenvalue weighted by Crippen LogP contribution is 1.74. The average molecular weight is 77.1 g/mol. The first kappa shape index (κ1) is 4.89. The van der Waals surface area contributed by atoms with E-state index >= 15 is 0 Å². The molecule has 0 bridgehead atoms. The Morgan fingerprint density at radius 2 is 2.20 bits per heavy atom. The van der Waals surface area contributed by atoms with Crippen molar-refractivity contribution in [2.24, 2.45) is 0 Å². The zero-order valence-corrected chi connectivity index (χ0v) is 2.82. The first-order valence-electron chi connectivity index (χ1n) is 1.34. The molecule has 0 amide bonds. The number of hydrogen-bond acceptors (Lipinski definition) is 1. The Morgan fingerprint density at radius 1 is 2.00 bits per heavy atom. The molecule has 0 fully saturated rings. The van der Waals surface area contributed by atoms with Crippen molar-refractivity contribution in [1.29, 1.82) is 0 Å². The molecule has 0 saturated heterocycles. The molecule has 1 radical (unpaired) electrons. The minimum absolute atomic E-state index is 0.750. The summed E-state index contributed by atoms with van der Waals surface area (Å²) in [5.41, 5.74) is 0. The smallest absolute Gasteiger partial charge is 0.115 e. The Labute approximate surface area is 30.4 Å². The van der Waals surface area contributed by atoms with E-state index in [4.69, 9.17) is 5.11 Å². The highest BCUT2D eigenvalue weighted by molar-refractivity contribution is 4.50. The van der Waals surface area contributed by atoms with Gasteiger partial charge in [0.25, 0.3) is 0 Å². The first-order chi connectivity index (χ1) is 2.27. The molecule has 0 unspecified atom stereocenters. The van der Waals surface area contributed by atoms with Gasteiger partial charge in [0.1, 0.15) is 6.67 Å². The lowest BCUT2D eigenvalue weighted by atomic mass is 10.5. The third kappa shape index (κ3) is 3.89. The minimum atomic E-state index is -1.03. The highest BCUT2D eigenvalue weighted by Gasteiger charge is 1.86. The topological polar surface area (TPSA) is 20.2 Å². The first-order valence-corrected chi connectivity index (χ1v) is 1.34. The van der Waals surface area contributed by atoms with Crippen molar-refractivity contribution < 1.29 is 9.50 Å². The lowest BCUT2D eigenvalue weighted by Gasteiger charge is -1.87. The van der Waals surface area contributed by atoms with Gasteiger partial charge in [-0.05, 0) is 6.92 Å². The number of aliphatic hydroxyl groups is 1. The number of aliphatic hydroxyl groups excluding tert-OH is 1. The normalized spacial score (nSPS) is 15.0. The fraction of sp³-hybridized carbons (Fsp3) is 0.667. The van der Waals surface area contributed by atoms with Gasteiger partial charge >= 0.3 is 0 Å². The SMILES string of the molecule is [CH2][C@H](O)CF. The summed E-state index contributed by atoms with van der Waals surface area (Å²) >= 11 is 0. The molecule has 5 heavy (non-hydrogen) atoms. The van der Waals surface area contributed by atoms with E-state index in [2.05, 4.69) is 6.92 Å². The van der Waals surface area contributed by atoms with Gasteiger partial charge < -0.3 is 5.11 Å². The van der Waals surface area contributed by atoms with Crippen molar-refractivity contribution in [2.45, 2.75) is 6.10 Å². The maximum Gasteiger partial charge on any atom is 0.115 e. The second kappa shape index (κ2) is 2.15. The summed E-state index contributed by atoms with van der Waals surface area (Å²) in [5, 5.41) is 7.88. The Kier molecular flexibility index (Phi) is 2.10. The minimum Gasteiger partial charge on any atom is -0.390 e. The van der Waals surface area contributed by atoms with Crippen LogP contribution in [0.2, 0.25) is 0 Å². The van der Waals surface area contributed by atoms with E-state index in [1.165, 1.54) is 0 Å². The van der Waals surface area contributed by atoms with Gasteiger partial charge in [-0.15, -0.1) is 0 Å². The van der Waals surface area contributed by atoms with Crippen LogP contribution in [0, 0.1) is 6.92 Å². The molecule has 0 aliphatic rings. The van der Waals surface area contributed by atoms with Crippen LogP contribution in [0.3, 0.4) is 0 Å². The van der Waals surface area contributed by atoms with Gasteiger partial charge in [0.15, 0.2) is 0 Å². The number of rotatable bonds is 1. The van der Waals surface area contributed by atoms with E-state index in [1.54, 1.807) is 0 Å². The molecule has 31 valence electrons. The maximum atomic E-state index is 10.8. The van der Waals surface area contributed by atoms with E-state index in [0.29, 0.717) is 0 Å². The van der Waals surface area contributed by atoms with Gasteiger partial charge in [0, 0.05) is 0 Å². The Balaban J connectivity index is 2.54. The maximum absolute atomic E-state index is 10.8. The summed E-state index contributed by atoms with van der Waals surface area (Å²) in [6.45, 7) is 2.19. The zero-order chi connectivity index (χ0) is 4.28. The number of hydrogen-bond donors (Lipinski definition) is 1. The highest BCUT2D eigenvalue weighted by atomic mass is 19.1. The molecule has 0 aromatic carbocycles. The van der Waals surface area contributed by atoms with Crippen LogP contribution < -0.4 is 0 Å². The summed E-state index contributed by atoms with van der Waals surface area (Å²) in [6, 6.07) is 0. The Bertz CT molecular complexity index is 20.9. The molecule has 0 aromatic heterocycles. The average Bonchev–Trinajstić information content (AvgIpc) is 1.38. The lowest BCUT2D eigenvalue weighted by molar-refractivity contribution is 0.181. The second-order valence-electron chi connectivity index (χ2n) is 0.808. The molecule has 2 heteroatoms. The van der Waals surface area contributed by atoms with Gasteiger partial charge in [-0.3, -0.25) is 0 Å². The molecule has 0 spiro atoms.